The lowest BCUT2D eigenvalue weighted by Gasteiger charge is -2.09. The maximum Gasteiger partial charge on any atom is 0.146 e. The van der Waals surface area contributed by atoms with Gasteiger partial charge in [-0.3, -0.25) is 0 Å². The number of hydrogen-bond acceptors (Lipinski definition) is 1. The molecular formula is C14H11BrF3N. The Balaban J connectivity index is 2.16. The standard InChI is InChI=1S/C14H11BrF3N/c1-8-2-13(18)14(6-12(8)17)19-7-9-3-10(15)5-11(16)4-9/h2-6,19H,7H2,1H3. The summed E-state index contributed by atoms with van der Waals surface area (Å²) in [5, 5.41) is 2.75. The molecule has 1 N–H and O–H groups in total. The van der Waals surface area contributed by atoms with Crippen LogP contribution in [-0.4, -0.2) is 0 Å². The van der Waals surface area contributed by atoms with Gasteiger partial charge in [-0.15, -0.1) is 0 Å². The Morgan fingerprint density at radius 2 is 1.74 bits per heavy atom. The fourth-order valence-electron chi connectivity index (χ4n) is 1.69. The Bertz CT molecular complexity index is 594. The summed E-state index contributed by atoms with van der Waals surface area (Å²) in [4.78, 5) is 0. The van der Waals surface area contributed by atoms with Crippen LogP contribution in [0.25, 0.3) is 0 Å². The monoisotopic (exact) mass is 329 g/mol. The maximum absolute atomic E-state index is 13.6. The topological polar surface area (TPSA) is 12.0 Å². The minimum atomic E-state index is -0.533. The second-order valence-electron chi connectivity index (χ2n) is 4.21. The molecule has 2 aromatic rings. The molecule has 0 fully saturated rings. The van der Waals surface area contributed by atoms with Gasteiger partial charge in [-0.25, -0.2) is 13.2 Å². The largest absolute Gasteiger partial charge is 0.379 e. The summed E-state index contributed by atoms with van der Waals surface area (Å²) >= 11 is 3.17. The SMILES string of the molecule is Cc1cc(F)c(NCc2cc(F)cc(Br)c2)cc1F. The molecule has 19 heavy (non-hydrogen) atoms. The first kappa shape index (κ1) is 13.9. The van der Waals surface area contributed by atoms with Gasteiger partial charge in [0.15, 0.2) is 0 Å². The first-order valence-corrected chi connectivity index (χ1v) is 6.39. The van der Waals surface area contributed by atoms with E-state index in [0.29, 0.717) is 10.0 Å². The Kier molecular flexibility index (Phi) is 4.14. The molecule has 2 rings (SSSR count). The molecule has 0 aliphatic rings. The third-order valence-electron chi connectivity index (χ3n) is 2.65. The van der Waals surface area contributed by atoms with Gasteiger partial charge in [-0.2, -0.15) is 0 Å². The molecular weight excluding hydrogens is 319 g/mol. The molecule has 0 saturated heterocycles. The van der Waals surface area contributed by atoms with Gasteiger partial charge in [0.2, 0.25) is 0 Å². The number of aryl methyl sites for hydroxylation is 1. The highest BCUT2D eigenvalue weighted by atomic mass is 79.9. The summed E-state index contributed by atoms with van der Waals surface area (Å²) < 4.78 is 40.7. The molecule has 0 amide bonds. The third-order valence-corrected chi connectivity index (χ3v) is 3.11. The lowest BCUT2D eigenvalue weighted by atomic mass is 10.2. The van der Waals surface area contributed by atoms with Crippen molar-refractivity contribution in [3.8, 4) is 0 Å². The van der Waals surface area contributed by atoms with Crippen molar-refractivity contribution in [3.05, 3.63) is 63.4 Å². The van der Waals surface area contributed by atoms with Crippen LogP contribution in [0.5, 0.6) is 0 Å². The number of benzene rings is 2. The van der Waals surface area contributed by atoms with Gasteiger partial charge >= 0.3 is 0 Å². The Hall–Kier alpha value is -1.49. The minimum Gasteiger partial charge on any atom is -0.379 e. The van der Waals surface area contributed by atoms with Crippen molar-refractivity contribution in [3.63, 3.8) is 0 Å². The van der Waals surface area contributed by atoms with E-state index in [1.165, 1.54) is 19.1 Å². The van der Waals surface area contributed by atoms with Crippen molar-refractivity contribution in [2.24, 2.45) is 0 Å². The van der Waals surface area contributed by atoms with E-state index in [1.807, 2.05) is 0 Å². The average molecular weight is 330 g/mol. The smallest absolute Gasteiger partial charge is 0.146 e. The molecule has 0 aromatic heterocycles. The molecule has 100 valence electrons. The van der Waals surface area contributed by atoms with Gasteiger partial charge in [0.25, 0.3) is 0 Å². The van der Waals surface area contributed by atoms with Gasteiger partial charge in [-0.05, 0) is 42.3 Å². The Morgan fingerprint density at radius 3 is 2.42 bits per heavy atom. The molecule has 0 spiro atoms. The van der Waals surface area contributed by atoms with Crippen LogP contribution in [0.2, 0.25) is 0 Å². The highest BCUT2D eigenvalue weighted by Crippen LogP contribution is 2.21. The van der Waals surface area contributed by atoms with Crippen LogP contribution >= 0.6 is 15.9 Å². The van der Waals surface area contributed by atoms with Gasteiger partial charge in [0, 0.05) is 17.1 Å². The molecule has 0 atom stereocenters. The molecule has 1 nitrogen and oxygen atoms in total. The van der Waals surface area contributed by atoms with Crippen molar-refractivity contribution in [1.29, 1.82) is 0 Å². The predicted octanol–water partition coefficient (Wildman–Crippen LogP) is 4.79. The molecule has 0 aliphatic carbocycles. The van der Waals surface area contributed by atoms with Gasteiger partial charge in [0.05, 0.1) is 5.69 Å². The zero-order valence-corrected chi connectivity index (χ0v) is 11.7. The number of hydrogen-bond donors (Lipinski definition) is 1. The fourth-order valence-corrected chi connectivity index (χ4v) is 2.20. The van der Waals surface area contributed by atoms with E-state index in [9.17, 15) is 13.2 Å². The molecule has 0 aliphatic heterocycles. The first-order chi connectivity index (χ1) is 8.95. The summed E-state index contributed by atoms with van der Waals surface area (Å²) in [5.41, 5.74) is 0.937. The highest BCUT2D eigenvalue weighted by Gasteiger charge is 2.07. The second-order valence-corrected chi connectivity index (χ2v) is 5.13. The van der Waals surface area contributed by atoms with Crippen LogP contribution in [0.3, 0.4) is 0 Å². The van der Waals surface area contributed by atoms with E-state index >= 15 is 0 Å². The zero-order chi connectivity index (χ0) is 14.0. The van der Waals surface area contributed by atoms with Crippen molar-refractivity contribution < 1.29 is 13.2 Å². The van der Waals surface area contributed by atoms with Crippen molar-refractivity contribution in [2.45, 2.75) is 13.5 Å². The van der Waals surface area contributed by atoms with Crippen LogP contribution in [0.4, 0.5) is 18.9 Å². The number of halogens is 4. The summed E-state index contributed by atoms with van der Waals surface area (Å²) in [6, 6.07) is 6.59. The molecule has 0 radical (unpaired) electrons. The average Bonchev–Trinajstić information content (AvgIpc) is 2.31. The van der Waals surface area contributed by atoms with Crippen molar-refractivity contribution in [2.75, 3.05) is 5.32 Å². The fraction of sp³-hybridized carbons (Fsp3) is 0.143. The number of nitrogens with one attached hydrogen (secondary N) is 1. The van der Waals surface area contributed by atoms with E-state index in [2.05, 4.69) is 21.2 Å². The quantitative estimate of drug-likeness (QED) is 0.853. The Labute approximate surface area is 117 Å². The van der Waals surface area contributed by atoms with E-state index in [0.717, 1.165) is 12.1 Å². The first-order valence-electron chi connectivity index (χ1n) is 5.60. The molecule has 5 heteroatoms. The predicted molar refractivity (Wildman–Crippen MR) is 72.5 cm³/mol. The van der Waals surface area contributed by atoms with Crippen LogP contribution in [0, 0.1) is 24.4 Å². The summed E-state index contributed by atoms with van der Waals surface area (Å²) in [7, 11) is 0. The molecule has 2 aromatic carbocycles. The highest BCUT2D eigenvalue weighted by molar-refractivity contribution is 9.10. The van der Waals surface area contributed by atoms with Gasteiger partial charge in [-0.1, -0.05) is 15.9 Å². The molecule has 0 unspecified atom stereocenters. The zero-order valence-electron chi connectivity index (χ0n) is 10.1. The summed E-state index contributed by atoms with van der Waals surface area (Å²) in [6.45, 7) is 1.70. The van der Waals surface area contributed by atoms with E-state index in [1.54, 1.807) is 6.07 Å². The lowest BCUT2D eigenvalue weighted by molar-refractivity contribution is 0.594. The van der Waals surface area contributed by atoms with Crippen LogP contribution < -0.4 is 5.32 Å². The van der Waals surface area contributed by atoms with Crippen molar-refractivity contribution >= 4 is 21.6 Å². The number of rotatable bonds is 3. The third kappa shape index (κ3) is 3.50. The van der Waals surface area contributed by atoms with E-state index in [-0.39, 0.29) is 23.6 Å². The van der Waals surface area contributed by atoms with E-state index in [4.69, 9.17) is 0 Å². The Morgan fingerprint density at radius 1 is 1.00 bits per heavy atom. The van der Waals surface area contributed by atoms with Gasteiger partial charge < -0.3 is 5.32 Å². The van der Waals surface area contributed by atoms with Gasteiger partial charge in [0.1, 0.15) is 17.5 Å². The number of anilines is 1. The minimum absolute atomic E-state index is 0.0588. The summed E-state index contributed by atoms with van der Waals surface area (Å²) in [6.07, 6.45) is 0. The summed E-state index contributed by atoms with van der Waals surface area (Å²) in [5.74, 6) is -1.40. The van der Waals surface area contributed by atoms with E-state index < -0.39 is 11.6 Å². The van der Waals surface area contributed by atoms with Crippen LogP contribution in [-0.2, 0) is 6.54 Å². The lowest BCUT2D eigenvalue weighted by Crippen LogP contribution is -2.03. The molecule has 0 saturated carbocycles. The molecule has 0 bridgehead atoms. The normalized spacial score (nSPS) is 10.6. The second kappa shape index (κ2) is 5.65. The van der Waals surface area contributed by atoms with Crippen LogP contribution in [0.15, 0.2) is 34.8 Å². The maximum atomic E-state index is 13.6. The molecule has 0 heterocycles. The van der Waals surface area contributed by atoms with Crippen molar-refractivity contribution in [1.82, 2.24) is 0 Å². The van der Waals surface area contributed by atoms with Crippen LogP contribution in [0.1, 0.15) is 11.1 Å².